The fraction of sp³-hybridized carbons (Fsp3) is 0.417. The molecular weight excluding hydrogens is 286 g/mol. The fourth-order valence-corrected chi connectivity index (χ4v) is 2.09. The first-order valence-corrected chi connectivity index (χ1v) is 6.51. The highest BCUT2D eigenvalue weighted by Crippen LogP contribution is 2.28. The van der Waals surface area contributed by atoms with Crippen molar-refractivity contribution in [2.75, 3.05) is 32.8 Å². The van der Waals surface area contributed by atoms with Gasteiger partial charge in [0.1, 0.15) is 5.75 Å². The number of piperazine rings is 1. The summed E-state index contributed by atoms with van der Waals surface area (Å²) in [7, 11) is 0. The van der Waals surface area contributed by atoms with E-state index in [2.05, 4.69) is 5.32 Å². The van der Waals surface area contributed by atoms with Gasteiger partial charge in [-0.1, -0.05) is 11.6 Å². The Hall–Kier alpha value is -1.86. The van der Waals surface area contributed by atoms with Crippen molar-refractivity contribution in [2.24, 2.45) is 0 Å². The van der Waals surface area contributed by atoms with Gasteiger partial charge in [-0.15, -0.1) is 0 Å². The van der Waals surface area contributed by atoms with Crippen LogP contribution in [0.15, 0.2) is 18.2 Å². The fourth-order valence-electron chi connectivity index (χ4n) is 1.87. The summed E-state index contributed by atoms with van der Waals surface area (Å²) in [6.07, 6.45) is 0. The Morgan fingerprint density at radius 1 is 1.45 bits per heavy atom. The molecule has 0 bridgehead atoms. The molecule has 1 aromatic rings. The minimum absolute atomic E-state index is 0.115. The maximum absolute atomic E-state index is 11.9. The van der Waals surface area contributed by atoms with Crippen molar-refractivity contribution in [3.8, 4) is 5.75 Å². The van der Waals surface area contributed by atoms with Crippen LogP contribution in [0.1, 0.15) is 0 Å². The maximum Gasteiger partial charge on any atom is 0.271 e. The molecular formula is C12H14ClN3O4. The predicted octanol–water partition coefficient (Wildman–Crippen LogP) is 1.06. The number of nitro groups is 1. The molecule has 108 valence electrons. The quantitative estimate of drug-likeness (QED) is 0.664. The Morgan fingerprint density at radius 2 is 2.15 bits per heavy atom. The Balaban J connectivity index is 1.93. The molecule has 0 unspecified atom stereocenters. The molecule has 1 aliphatic rings. The number of non-ortho nitro benzene ring substituents is 1. The van der Waals surface area contributed by atoms with Crippen LogP contribution in [0.4, 0.5) is 5.69 Å². The smallest absolute Gasteiger partial charge is 0.271 e. The zero-order valence-electron chi connectivity index (χ0n) is 10.7. The first kappa shape index (κ1) is 14.5. The predicted molar refractivity (Wildman–Crippen MR) is 73.1 cm³/mol. The third-order valence-corrected chi connectivity index (χ3v) is 3.24. The average Bonchev–Trinajstić information content (AvgIpc) is 2.46. The van der Waals surface area contributed by atoms with Crippen molar-refractivity contribution in [3.63, 3.8) is 0 Å². The van der Waals surface area contributed by atoms with Crippen LogP contribution in [-0.2, 0) is 4.79 Å². The van der Waals surface area contributed by atoms with Gasteiger partial charge in [0.05, 0.1) is 9.95 Å². The molecule has 8 heteroatoms. The number of nitrogens with one attached hydrogen (secondary N) is 1. The van der Waals surface area contributed by atoms with Gasteiger partial charge in [-0.05, 0) is 6.07 Å². The monoisotopic (exact) mass is 299 g/mol. The van der Waals surface area contributed by atoms with Crippen LogP contribution in [0, 0.1) is 10.1 Å². The molecule has 0 radical (unpaired) electrons. The standard InChI is InChI=1S/C12H14ClN3O4/c13-10-7-9(16(18)19)1-2-11(10)20-8-12(17)15-5-3-14-4-6-15/h1-2,7,14H,3-6,8H2. The molecule has 0 saturated carbocycles. The van der Waals surface area contributed by atoms with Gasteiger partial charge in [0.15, 0.2) is 6.61 Å². The Kier molecular flexibility index (Phi) is 4.75. The van der Waals surface area contributed by atoms with E-state index in [0.29, 0.717) is 13.1 Å². The summed E-state index contributed by atoms with van der Waals surface area (Å²) >= 11 is 5.88. The summed E-state index contributed by atoms with van der Waals surface area (Å²) in [6, 6.07) is 3.88. The van der Waals surface area contributed by atoms with E-state index in [0.717, 1.165) is 13.1 Å². The van der Waals surface area contributed by atoms with Crippen molar-refractivity contribution in [2.45, 2.75) is 0 Å². The summed E-state index contributed by atoms with van der Waals surface area (Å²) in [4.78, 5) is 23.6. The van der Waals surface area contributed by atoms with E-state index in [1.54, 1.807) is 4.90 Å². The van der Waals surface area contributed by atoms with Gasteiger partial charge < -0.3 is 15.0 Å². The Bertz CT molecular complexity index is 517. The topological polar surface area (TPSA) is 84.7 Å². The molecule has 1 aromatic carbocycles. The largest absolute Gasteiger partial charge is 0.482 e. The first-order valence-electron chi connectivity index (χ1n) is 6.13. The van der Waals surface area contributed by atoms with Crippen molar-refractivity contribution in [1.29, 1.82) is 0 Å². The van der Waals surface area contributed by atoms with Crippen molar-refractivity contribution >= 4 is 23.2 Å². The lowest BCUT2D eigenvalue weighted by Gasteiger charge is -2.27. The van der Waals surface area contributed by atoms with Crippen LogP contribution in [0.2, 0.25) is 5.02 Å². The average molecular weight is 300 g/mol. The van der Waals surface area contributed by atoms with Crippen molar-refractivity contribution in [3.05, 3.63) is 33.3 Å². The lowest BCUT2D eigenvalue weighted by atomic mass is 10.3. The SMILES string of the molecule is O=C(COc1ccc([N+](=O)[O-])cc1Cl)N1CCNCC1. The molecule has 20 heavy (non-hydrogen) atoms. The second-order valence-electron chi connectivity index (χ2n) is 4.29. The van der Waals surface area contributed by atoms with Gasteiger partial charge in [0, 0.05) is 38.3 Å². The van der Waals surface area contributed by atoms with Crippen LogP contribution in [0.3, 0.4) is 0 Å². The van der Waals surface area contributed by atoms with Gasteiger partial charge in [0.2, 0.25) is 0 Å². The molecule has 0 spiro atoms. The molecule has 1 amide bonds. The molecule has 1 aliphatic heterocycles. The highest BCUT2D eigenvalue weighted by atomic mass is 35.5. The molecule has 0 atom stereocenters. The number of carbonyl (C=O) groups excluding carboxylic acids is 1. The second-order valence-corrected chi connectivity index (χ2v) is 4.70. The van der Waals surface area contributed by atoms with E-state index in [-0.39, 0.29) is 29.0 Å². The van der Waals surface area contributed by atoms with Gasteiger partial charge in [-0.3, -0.25) is 14.9 Å². The minimum atomic E-state index is -0.540. The molecule has 1 heterocycles. The first-order chi connectivity index (χ1) is 9.58. The van der Waals surface area contributed by atoms with Gasteiger partial charge in [-0.25, -0.2) is 0 Å². The van der Waals surface area contributed by atoms with Gasteiger partial charge in [-0.2, -0.15) is 0 Å². The van der Waals surface area contributed by atoms with Crippen LogP contribution in [-0.4, -0.2) is 48.5 Å². The highest BCUT2D eigenvalue weighted by Gasteiger charge is 2.17. The van der Waals surface area contributed by atoms with Crippen LogP contribution >= 0.6 is 11.6 Å². The summed E-state index contributed by atoms with van der Waals surface area (Å²) < 4.78 is 5.32. The van der Waals surface area contributed by atoms with Gasteiger partial charge in [0.25, 0.3) is 11.6 Å². The van der Waals surface area contributed by atoms with Crippen LogP contribution in [0.25, 0.3) is 0 Å². The van der Waals surface area contributed by atoms with E-state index in [1.165, 1.54) is 18.2 Å². The minimum Gasteiger partial charge on any atom is -0.482 e. The van der Waals surface area contributed by atoms with E-state index in [9.17, 15) is 14.9 Å². The summed E-state index contributed by atoms with van der Waals surface area (Å²) in [5.74, 6) is 0.140. The molecule has 2 rings (SSSR count). The second kappa shape index (κ2) is 6.53. The van der Waals surface area contributed by atoms with Crippen molar-refractivity contribution < 1.29 is 14.5 Å². The van der Waals surface area contributed by atoms with Gasteiger partial charge >= 0.3 is 0 Å². The molecule has 1 saturated heterocycles. The summed E-state index contributed by atoms with van der Waals surface area (Å²) in [5.41, 5.74) is -0.115. The van der Waals surface area contributed by atoms with E-state index in [4.69, 9.17) is 16.3 Å². The number of benzene rings is 1. The molecule has 1 fully saturated rings. The number of hydrogen-bond acceptors (Lipinski definition) is 5. The molecule has 1 N–H and O–H groups in total. The maximum atomic E-state index is 11.9. The third kappa shape index (κ3) is 3.58. The normalized spacial score (nSPS) is 14.9. The molecule has 0 aliphatic carbocycles. The van der Waals surface area contributed by atoms with Crippen LogP contribution in [0.5, 0.6) is 5.75 Å². The lowest BCUT2D eigenvalue weighted by Crippen LogP contribution is -2.47. The number of nitro benzene ring substituents is 1. The zero-order valence-corrected chi connectivity index (χ0v) is 11.4. The summed E-state index contributed by atoms with van der Waals surface area (Å²) in [6.45, 7) is 2.71. The molecule has 0 aromatic heterocycles. The number of carbonyl (C=O) groups is 1. The number of hydrogen-bond donors (Lipinski definition) is 1. The third-order valence-electron chi connectivity index (χ3n) is 2.95. The zero-order chi connectivity index (χ0) is 14.5. The number of ether oxygens (including phenoxy) is 1. The van der Waals surface area contributed by atoms with E-state index in [1.807, 2.05) is 0 Å². The highest BCUT2D eigenvalue weighted by molar-refractivity contribution is 6.32. The number of halogens is 1. The number of amides is 1. The van der Waals surface area contributed by atoms with Crippen molar-refractivity contribution in [1.82, 2.24) is 10.2 Å². The molecule has 7 nitrogen and oxygen atoms in total. The summed E-state index contributed by atoms with van der Waals surface area (Å²) in [5, 5.41) is 13.8. The number of nitrogens with zero attached hydrogens (tertiary/aromatic N) is 2. The Labute approximate surface area is 120 Å². The lowest BCUT2D eigenvalue weighted by molar-refractivity contribution is -0.384. The Morgan fingerprint density at radius 3 is 2.75 bits per heavy atom. The number of rotatable bonds is 4. The van der Waals surface area contributed by atoms with Crippen LogP contribution < -0.4 is 10.1 Å². The van der Waals surface area contributed by atoms with E-state index < -0.39 is 4.92 Å². The van der Waals surface area contributed by atoms with E-state index >= 15 is 0 Å².